The minimum atomic E-state index is -0.930. The highest BCUT2D eigenvalue weighted by molar-refractivity contribution is 5.79. The van der Waals surface area contributed by atoms with Crippen molar-refractivity contribution in [2.45, 2.75) is 19.1 Å². The molecule has 0 aliphatic heterocycles. The minimum absolute atomic E-state index is 0.0272. The van der Waals surface area contributed by atoms with Crippen molar-refractivity contribution >= 4 is 5.91 Å². The van der Waals surface area contributed by atoms with Crippen LogP contribution in [0.3, 0.4) is 0 Å². The summed E-state index contributed by atoms with van der Waals surface area (Å²) < 4.78 is 32.1. The van der Waals surface area contributed by atoms with Crippen LogP contribution in [0.25, 0.3) is 0 Å². The number of amides is 1. The third-order valence-corrected chi connectivity index (χ3v) is 3.15. The molecule has 4 nitrogen and oxygen atoms in total. The predicted molar refractivity (Wildman–Crippen MR) is 78.0 cm³/mol. The molecule has 2 rings (SSSR count). The van der Waals surface area contributed by atoms with E-state index in [4.69, 9.17) is 16.2 Å². The lowest BCUT2D eigenvalue weighted by Gasteiger charge is -2.11. The van der Waals surface area contributed by atoms with Crippen LogP contribution in [-0.4, -0.2) is 11.9 Å². The van der Waals surface area contributed by atoms with Gasteiger partial charge in [0, 0.05) is 6.07 Å². The van der Waals surface area contributed by atoms with E-state index in [2.05, 4.69) is 0 Å². The summed E-state index contributed by atoms with van der Waals surface area (Å²) in [6.45, 7) is 0.194. The lowest BCUT2D eigenvalue weighted by molar-refractivity contribution is -0.119. The summed E-state index contributed by atoms with van der Waals surface area (Å²) in [7, 11) is 0. The van der Waals surface area contributed by atoms with Crippen LogP contribution in [0.4, 0.5) is 8.78 Å². The first-order valence-electron chi connectivity index (χ1n) is 6.66. The van der Waals surface area contributed by atoms with Crippen LogP contribution < -0.4 is 16.2 Å². The van der Waals surface area contributed by atoms with Gasteiger partial charge in [0.2, 0.25) is 5.91 Å². The van der Waals surface area contributed by atoms with Crippen molar-refractivity contribution in [3.05, 3.63) is 65.2 Å². The molecule has 22 heavy (non-hydrogen) atoms. The average molecular weight is 306 g/mol. The molecule has 0 aromatic heterocycles. The third kappa shape index (κ3) is 4.26. The molecule has 4 N–H and O–H groups in total. The van der Waals surface area contributed by atoms with Gasteiger partial charge in [0.25, 0.3) is 0 Å². The molecular weight excluding hydrogens is 290 g/mol. The average Bonchev–Trinajstić information content (AvgIpc) is 2.49. The van der Waals surface area contributed by atoms with Gasteiger partial charge in [-0.2, -0.15) is 0 Å². The molecule has 0 heterocycles. The van der Waals surface area contributed by atoms with Crippen LogP contribution in [0.1, 0.15) is 11.1 Å². The first-order valence-corrected chi connectivity index (χ1v) is 6.66. The van der Waals surface area contributed by atoms with E-state index in [1.165, 1.54) is 24.3 Å². The molecule has 116 valence electrons. The summed E-state index contributed by atoms with van der Waals surface area (Å²) in [4.78, 5) is 10.9. The van der Waals surface area contributed by atoms with E-state index in [0.717, 1.165) is 5.56 Å². The van der Waals surface area contributed by atoms with Gasteiger partial charge < -0.3 is 16.2 Å². The van der Waals surface area contributed by atoms with E-state index in [1.807, 2.05) is 0 Å². The highest BCUT2D eigenvalue weighted by Crippen LogP contribution is 2.19. The third-order valence-electron chi connectivity index (χ3n) is 3.15. The highest BCUT2D eigenvalue weighted by Gasteiger charge is 2.13. The quantitative estimate of drug-likeness (QED) is 0.855. The molecule has 0 spiro atoms. The summed E-state index contributed by atoms with van der Waals surface area (Å²) in [5.41, 5.74) is 11.6. The maximum Gasteiger partial charge on any atom is 0.234 e. The van der Waals surface area contributed by atoms with Crippen LogP contribution in [-0.2, 0) is 17.8 Å². The second-order valence-electron chi connectivity index (χ2n) is 4.88. The van der Waals surface area contributed by atoms with Gasteiger partial charge in [-0.15, -0.1) is 0 Å². The number of carbonyl (C=O) groups excluding carboxylic acids is 1. The van der Waals surface area contributed by atoms with Crippen LogP contribution in [0.2, 0.25) is 0 Å². The van der Waals surface area contributed by atoms with Crippen molar-refractivity contribution in [1.29, 1.82) is 0 Å². The molecule has 0 saturated carbocycles. The van der Waals surface area contributed by atoms with Crippen molar-refractivity contribution in [3.63, 3.8) is 0 Å². The van der Waals surface area contributed by atoms with Gasteiger partial charge in [0.05, 0.1) is 6.04 Å². The largest absolute Gasteiger partial charge is 0.489 e. The Morgan fingerprint density at radius 2 is 1.82 bits per heavy atom. The number of nitrogens with two attached hydrogens (primary N) is 2. The van der Waals surface area contributed by atoms with E-state index < -0.39 is 17.8 Å². The molecule has 1 unspecified atom stereocenters. The molecule has 0 bridgehead atoms. The molecule has 6 heteroatoms. The molecule has 2 aromatic carbocycles. The van der Waals surface area contributed by atoms with Crippen LogP contribution >= 0.6 is 0 Å². The zero-order valence-corrected chi connectivity index (χ0v) is 11.8. The molecule has 0 saturated heterocycles. The van der Waals surface area contributed by atoms with Gasteiger partial charge in [0.15, 0.2) is 0 Å². The van der Waals surface area contributed by atoms with E-state index in [9.17, 15) is 13.6 Å². The summed E-state index contributed by atoms with van der Waals surface area (Å²) in [6, 6.07) is 9.19. The van der Waals surface area contributed by atoms with Crippen LogP contribution in [0, 0.1) is 11.6 Å². The second-order valence-corrected chi connectivity index (χ2v) is 4.88. The molecule has 1 amide bonds. The van der Waals surface area contributed by atoms with Crippen LogP contribution in [0.5, 0.6) is 5.75 Å². The van der Waals surface area contributed by atoms with Crippen LogP contribution in [0.15, 0.2) is 42.5 Å². The minimum Gasteiger partial charge on any atom is -0.489 e. The maximum absolute atomic E-state index is 13.9. The first kappa shape index (κ1) is 15.9. The van der Waals surface area contributed by atoms with E-state index in [0.29, 0.717) is 11.3 Å². The summed E-state index contributed by atoms with van der Waals surface area (Å²) in [6.07, 6.45) is 0.0272. The Morgan fingerprint density at radius 3 is 2.41 bits per heavy atom. The number of carbonyl (C=O) groups is 1. The Balaban J connectivity index is 1.99. The van der Waals surface area contributed by atoms with Gasteiger partial charge >= 0.3 is 0 Å². The standard InChI is InChI=1S/C16H16F2N2O2/c17-12-4-1-10(2-5-12)9-22-13-6-3-11(14(18)8-13)7-15(19)16(20)21/h1-6,8,15H,7,9,19H2,(H2,20,21). The molecule has 0 aliphatic carbocycles. The summed E-state index contributed by atoms with van der Waals surface area (Å²) in [5.74, 6) is -1.20. The first-order chi connectivity index (χ1) is 10.5. The van der Waals surface area contributed by atoms with Gasteiger partial charge in [0.1, 0.15) is 24.0 Å². The number of hydrogen-bond acceptors (Lipinski definition) is 3. The van der Waals surface area contributed by atoms with Gasteiger partial charge in [-0.25, -0.2) is 8.78 Å². The van der Waals surface area contributed by atoms with Gasteiger partial charge in [-0.1, -0.05) is 18.2 Å². The van der Waals surface area contributed by atoms with E-state index >= 15 is 0 Å². The highest BCUT2D eigenvalue weighted by atomic mass is 19.1. The molecular formula is C16H16F2N2O2. The van der Waals surface area contributed by atoms with Crippen molar-refractivity contribution in [2.75, 3.05) is 0 Å². The summed E-state index contributed by atoms with van der Waals surface area (Å²) >= 11 is 0. The molecule has 0 fully saturated rings. The van der Waals surface area contributed by atoms with Crippen molar-refractivity contribution < 1.29 is 18.3 Å². The van der Waals surface area contributed by atoms with Crippen molar-refractivity contribution in [1.82, 2.24) is 0 Å². The Morgan fingerprint density at radius 1 is 1.14 bits per heavy atom. The van der Waals surface area contributed by atoms with E-state index in [-0.39, 0.29) is 18.8 Å². The lowest BCUT2D eigenvalue weighted by atomic mass is 10.1. The SMILES string of the molecule is NC(=O)C(N)Cc1ccc(OCc2ccc(F)cc2)cc1F. The molecule has 1 atom stereocenters. The summed E-state index contributed by atoms with van der Waals surface area (Å²) in [5, 5.41) is 0. The fourth-order valence-corrected chi connectivity index (χ4v) is 1.87. The van der Waals surface area contributed by atoms with E-state index in [1.54, 1.807) is 18.2 Å². The Labute approximate surface area is 126 Å². The molecule has 0 aliphatic rings. The molecule has 2 aromatic rings. The van der Waals surface area contributed by atoms with Crippen molar-refractivity contribution in [2.24, 2.45) is 11.5 Å². The fraction of sp³-hybridized carbons (Fsp3) is 0.188. The van der Waals surface area contributed by atoms with Crippen molar-refractivity contribution in [3.8, 4) is 5.75 Å². The van der Waals surface area contributed by atoms with Gasteiger partial charge in [-0.05, 0) is 35.7 Å². The zero-order valence-electron chi connectivity index (χ0n) is 11.8. The Bertz CT molecular complexity index is 660. The number of halogens is 2. The topological polar surface area (TPSA) is 78.3 Å². The van der Waals surface area contributed by atoms with Gasteiger partial charge in [-0.3, -0.25) is 4.79 Å². The zero-order chi connectivity index (χ0) is 16.1. The number of ether oxygens (including phenoxy) is 1. The predicted octanol–water partition coefficient (Wildman–Crippen LogP) is 1.90. The fourth-order valence-electron chi connectivity index (χ4n) is 1.87. The lowest BCUT2D eigenvalue weighted by Crippen LogP contribution is -2.38. The second kappa shape index (κ2) is 7.00. The Hall–Kier alpha value is -2.47. The number of hydrogen-bond donors (Lipinski definition) is 2. The Kier molecular flexibility index (Phi) is 5.06. The number of benzene rings is 2. The molecule has 0 radical (unpaired) electrons. The smallest absolute Gasteiger partial charge is 0.234 e. The number of primary amides is 1. The maximum atomic E-state index is 13.9. The number of rotatable bonds is 6. The normalized spacial score (nSPS) is 12.0. The monoisotopic (exact) mass is 306 g/mol.